The van der Waals surface area contributed by atoms with E-state index in [9.17, 15) is 13.2 Å². The van der Waals surface area contributed by atoms with Crippen LogP contribution in [-0.4, -0.2) is 20.6 Å². The minimum Gasteiger partial charge on any atom is -0.277 e. The number of rotatable bonds is 7. The van der Waals surface area contributed by atoms with E-state index < -0.39 is 10.0 Å². The van der Waals surface area contributed by atoms with Gasteiger partial charge in [-0.05, 0) is 5.56 Å². The van der Waals surface area contributed by atoms with Crippen molar-refractivity contribution in [3.05, 3.63) is 42.0 Å². The lowest BCUT2D eigenvalue weighted by Gasteiger charge is -2.01. The first-order chi connectivity index (χ1) is 8.14. The van der Waals surface area contributed by atoms with E-state index in [4.69, 9.17) is 0 Å². The van der Waals surface area contributed by atoms with Crippen LogP contribution in [-0.2, 0) is 19.8 Å². The molecule has 1 amide bonds. The van der Waals surface area contributed by atoms with E-state index in [2.05, 4.69) is 4.94 Å². The molecule has 7 heteroatoms. The second-order valence-corrected chi connectivity index (χ2v) is 4.75. The third-order valence-corrected chi connectivity index (χ3v) is 2.67. The number of hydroxylamine groups is 1. The van der Waals surface area contributed by atoms with Crippen molar-refractivity contribution in [2.45, 2.75) is 0 Å². The largest absolute Gasteiger partial charge is 0.277 e. The second kappa shape index (κ2) is 6.79. The van der Waals surface area contributed by atoms with Crippen molar-refractivity contribution in [1.82, 2.24) is 10.4 Å². The summed E-state index contributed by atoms with van der Waals surface area (Å²) in [6.07, 6.45) is 3.36. The highest BCUT2D eigenvalue weighted by Gasteiger charge is 2.06. The van der Waals surface area contributed by atoms with Crippen molar-refractivity contribution >= 4 is 22.5 Å². The Balaban J connectivity index is 2.44. The van der Waals surface area contributed by atoms with Gasteiger partial charge >= 0.3 is 0 Å². The lowest BCUT2D eigenvalue weighted by Crippen LogP contribution is -2.31. The Hall–Kier alpha value is -1.70. The van der Waals surface area contributed by atoms with Gasteiger partial charge in [0.2, 0.25) is 16.4 Å². The molecule has 6 nitrogen and oxygen atoms in total. The van der Waals surface area contributed by atoms with Crippen LogP contribution in [0.1, 0.15) is 5.56 Å². The molecule has 0 fully saturated rings. The lowest BCUT2D eigenvalue weighted by molar-refractivity contribution is -0.123. The maximum absolute atomic E-state index is 11.3. The summed E-state index contributed by atoms with van der Waals surface area (Å²) in [5, 5.41) is 0. The minimum atomic E-state index is -3.60. The molecule has 0 aliphatic carbocycles. The Morgan fingerprint density at radius 1 is 1.24 bits per heavy atom. The Labute approximate surface area is 99.2 Å². The fraction of sp³-hybridized carbons (Fsp3) is 0.100. The van der Waals surface area contributed by atoms with Crippen LogP contribution in [0.5, 0.6) is 0 Å². The molecule has 0 radical (unpaired) electrons. The van der Waals surface area contributed by atoms with Crippen LogP contribution < -0.4 is 10.4 Å². The molecule has 0 unspecified atom stereocenters. The summed E-state index contributed by atoms with van der Waals surface area (Å²) in [4.78, 5) is 15.7. The number of carbonyl (C=O) groups is 1. The van der Waals surface area contributed by atoms with Crippen LogP contribution >= 0.6 is 0 Å². The summed E-state index contributed by atoms with van der Waals surface area (Å²) < 4.78 is 22.5. The van der Waals surface area contributed by atoms with E-state index in [1.54, 1.807) is 16.4 Å². The van der Waals surface area contributed by atoms with Crippen LogP contribution in [0.15, 0.2) is 36.4 Å². The predicted octanol–water partition coefficient (Wildman–Crippen LogP) is 0.212. The summed E-state index contributed by atoms with van der Waals surface area (Å²) in [6, 6.07) is 9.27. The zero-order valence-corrected chi connectivity index (χ0v) is 9.68. The van der Waals surface area contributed by atoms with Crippen LogP contribution in [0.4, 0.5) is 0 Å². The topological polar surface area (TPSA) is 84.5 Å². The molecule has 0 saturated carbocycles. The Morgan fingerprint density at radius 3 is 2.59 bits per heavy atom. The number of benzene rings is 1. The highest BCUT2D eigenvalue weighted by Crippen LogP contribution is 2.01. The average Bonchev–Trinajstić information content (AvgIpc) is 2.30. The molecule has 0 aromatic heterocycles. The highest BCUT2D eigenvalue weighted by atomic mass is 32.2. The van der Waals surface area contributed by atoms with Crippen LogP contribution in [0.25, 0.3) is 6.08 Å². The van der Waals surface area contributed by atoms with Crippen molar-refractivity contribution in [3.8, 4) is 0 Å². The SMILES string of the molecule is O=CNONS(=O)(=O)C/C=C/c1ccccc1. The Bertz CT molecular complexity index is 470. The molecule has 0 aliphatic rings. The van der Waals surface area contributed by atoms with Crippen LogP contribution in [0.3, 0.4) is 0 Å². The Morgan fingerprint density at radius 2 is 1.94 bits per heavy atom. The van der Waals surface area contributed by atoms with Gasteiger partial charge in [0.1, 0.15) is 0 Å². The molecule has 0 spiro atoms. The number of amides is 1. The van der Waals surface area contributed by atoms with Gasteiger partial charge in [-0.3, -0.25) is 4.79 Å². The number of carbonyl (C=O) groups excluding carboxylic acids is 1. The Kier molecular flexibility index (Phi) is 5.34. The van der Waals surface area contributed by atoms with E-state index in [1.807, 2.05) is 30.3 Å². The van der Waals surface area contributed by atoms with Gasteiger partial charge in [0.05, 0.1) is 5.75 Å². The van der Waals surface area contributed by atoms with Crippen molar-refractivity contribution in [1.29, 1.82) is 0 Å². The molecule has 1 aromatic carbocycles. The number of hydrogen-bond acceptors (Lipinski definition) is 4. The normalized spacial score (nSPS) is 11.5. The van der Waals surface area contributed by atoms with Crippen molar-refractivity contribution in [2.24, 2.45) is 0 Å². The van der Waals surface area contributed by atoms with Gasteiger partial charge in [-0.15, -0.1) is 0 Å². The molecule has 0 aliphatic heterocycles. The quantitative estimate of drug-likeness (QED) is 0.415. The fourth-order valence-electron chi connectivity index (χ4n) is 1.02. The third kappa shape index (κ3) is 5.81. The van der Waals surface area contributed by atoms with Gasteiger partial charge in [0, 0.05) is 0 Å². The molecule has 1 aromatic rings. The first-order valence-electron chi connectivity index (χ1n) is 4.70. The molecule has 1 rings (SSSR count). The van der Waals surface area contributed by atoms with Gasteiger partial charge < -0.3 is 0 Å². The maximum Gasteiger partial charge on any atom is 0.239 e. The number of sulfonamides is 1. The highest BCUT2D eigenvalue weighted by molar-refractivity contribution is 7.89. The molecule has 0 heterocycles. The van der Waals surface area contributed by atoms with E-state index in [-0.39, 0.29) is 12.2 Å². The summed E-state index contributed by atoms with van der Waals surface area (Å²) in [6.45, 7) is 0. The van der Waals surface area contributed by atoms with E-state index in [1.165, 1.54) is 6.08 Å². The molecule has 92 valence electrons. The third-order valence-electron chi connectivity index (χ3n) is 1.70. The monoisotopic (exact) mass is 256 g/mol. The second-order valence-electron chi connectivity index (χ2n) is 3.02. The summed E-state index contributed by atoms with van der Waals surface area (Å²) in [7, 11) is -3.60. The molecule has 0 bridgehead atoms. The molecule has 17 heavy (non-hydrogen) atoms. The van der Waals surface area contributed by atoms with Gasteiger partial charge in [-0.25, -0.2) is 13.9 Å². The van der Waals surface area contributed by atoms with Gasteiger partial charge in [0.15, 0.2) is 0 Å². The molecular weight excluding hydrogens is 244 g/mol. The number of nitrogens with one attached hydrogen (secondary N) is 2. The minimum absolute atomic E-state index is 0.211. The maximum atomic E-state index is 11.3. The predicted molar refractivity (Wildman–Crippen MR) is 62.7 cm³/mol. The van der Waals surface area contributed by atoms with Gasteiger partial charge in [-0.2, -0.15) is 4.94 Å². The zero-order valence-electron chi connectivity index (χ0n) is 8.87. The molecule has 2 N–H and O–H groups in total. The lowest BCUT2D eigenvalue weighted by atomic mass is 10.2. The van der Waals surface area contributed by atoms with Gasteiger partial charge in [-0.1, -0.05) is 47.4 Å². The first-order valence-corrected chi connectivity index (χ1v) is 6.35. The van der Waals surface area contributed by atoms with E-state index >= 15 is 0 Å². The van der Waals surface area contributed by atoms with Crippen molar-refractivity contribution in [2.75, 3.05) is 5.75 Å². The van der Waals surface area contributed by atoms with Gasteiger partial charge in [0.25, 0.3) is 0 Å². The average molecular weight is 256 g/mol. The van der Waals surface area contributed by atoms with Crippen LogP contribution in [0.2, 0.25) is 0 Å². The summed E-state index contributed by atoms with van der Waals surface area (Å²) in [5.41, 5.74) is 2.62. The van der Waals surface area contributed by atoms with E-state index in [0.717, 1.165) is 5.56 Å². The summed E-state index contributed by atoms with van der Waals surface area (Å²) in [5.74, 6) is -0.248. The standard InChI is InChI=1S/C10H12N2O4S/c13-9-11-16-12-17(14,15)8-4-7-10-5-2-1-3-6-10/h1-7,9,12H,8H2,(H,11,13)/b7-4+. The van der Waals surface area contributed by atoms with Crippen molar-refractivity contribution in [3.63, 3.8) is 0 Å². The zero-order chi connectivity index (χ0) is 12.6. The summed E-state index contributed by atoms with van der Waals surface area (Å²) >= 11 is 0. The smallest absolute Gasteiger partial charge is 0.239 e. The molecular formula is C10H12N2O4S. The molecule has 0 atom stereocenters. The van der Waals surface area contributed by atoms with Crippen LogP contribution in [0, 0.1) is 0 Å². The van der Waals surface area contributed by atoms with E-state index in [0.29, 0.717) is 0 Å². The molecule has 0 saturated heterocycles. The first kappa shape index (κ1) is 13.4. The van der Waals surface area contributed by atoms with Crippen molar-refractivity contribution < 1.29 is 18.2 Å². The number of hydrogen-bond donors (Lipinski definition) is 2. The fourth-order valence-corrected chi connectivity index (χ4v) is 1.61.